The molecule has 0 saturated carbocycles. The predicted octanol–water partition coefficient (Wildman–Crippen LogP) is 2.44. The first kappa shape index (κ1) is 16.0. The number of phenols is 1. The number of aromatic nitrogens is 1. The summed E-state index contributed by atoms with van der Waals surface area (Å²) in [5.74, 6) is -0.508. The monoisotopic (exact) mass is 323 g/mol. The Morgan fingerprint density at radius 3 is 2.86 bits per heavy atom. The van der Waals surface area contributed by atoms with Gasteiger partial charge >= 0.3 is 5.69 Å². The van der Waals surface area contributed by atoms with Gasteiger partial charge in [-0.05, 0) is 18.2 Å². The second kappa shape index (κ2) is 6.59. The number of aliphatic hydroxyl groups excluding tert-OH is 1. The molecule has 1 aromatic carbocycles. The number of aliphatic hydroxyl groups is 1. The first-order valence-corrected chi connectivity index (χ1v) is 6.74. The lowest BCUT2D eigenvalue weighted by atomic mass is 10.2. The van der Waals surface area contributed by atoms with E-state index >= 15 is 0 Å². The number of nitro groups is 1. The Balaban J connectivity index is 2.17. The van der Waals surface area contributed by atoms with Crippen molar-refractivity contribution in [2.24, 2.45) is 12.0 Å². The molecule has 0 aliphatic heterocycles. The Hall–Kier alpha value is -2.38. The number of phenolic OH excluding ortho intramolecular Hbond substituents is 1. The normalized spacial score (nSPS) is 12.7. The molecule has 0 aliphatic rings. The highest BCUT2D eigenvalue weighted by Gasteiger charge is 2.17. The summed E-state index contributed by atoms with van der Waals surface area (Å²) in [6, 6.07) is 5.99. The molecule has 1 atom stereocenters. The Labute approximate surface area is 131 Å². The maximum absolute atomic E-state index is 10.8. The fourth-order valence-electron chi connectivity index (χ4n) is 2.01. The number of aromatic hydroxyl groups is 1. The Kier molecular flexibility index (Phi) is 4.79. The summed E-state index contributed by atoms with van der Waals surface area (Å²) in [6.07, 6.45) is 2.24. The van der Waals surface area contributed by atoms with Gasteiger partial charge in [-0.25, -0.2) is 0 Å². The van der Waals surface area contributed by atoms with Crippen LogP contribution in [0.5, 0.6) is 5.75 Å². The zero-order valence-corrected chi connectivity index (χ0v) is 12.4. The van der Waals surface area contributed by atoms with Gasteiger partial charge in [0, 0.05) is 41.8 Å². The van der Waals surface area contributed by atoms with Crippen molar-refractivity contribution in [3.05, 3.63) is 56.9 Å². The second-order valence-corrected chi connectivity index (χ2v) is 5.11. The van der Waals surface area contributed by atoms with Crippen LogP contribution in [-0.4, -0.2) is 32.5 Å². The number of rotatable bonds is 5. The van der Waals surface area contributed by atoms with Gasteiger partial charge in [0.15, 0.2) is 0 Å². The van der Waals surface area contributed by atoms with Gasteiger partial charge in [0.25, 0.3) is 0 Å². The third-order valence-corrected chi connectivity index (χ3v) is 3.33. The topological polar surface area (TPSA) is 101 Å². The van der Waals surface area contributed by atoms with E-state index in [0.29, 0.717) is 5.69 Å². The zero-order valence-electron chi connectivity index (χ0n) is 11.7. The van der Waals surface area contributed by atoms with Gasteiger partial charge in [-0.1, -0.05) is 11.6 Å². The van der Waals surface area contributed by atoms with Crippen molar-refractivity contribution >= 4 is 23.5 Å². The summed E-state index contributed by atoms with van der Waals surface area (Å²) >= 11 is 5.78. The molecule has 2 aromatic rings. The summed E-state index contributed by atoms with van der Waals surface area (Å²) in [7, 11) is 1.80. The van der Waals surface area contributed by atoms with E-state index in [4.69, 9.17) is 11.6 Å². The van der Waals surface area contributed by atoms with Crippen LogP contribution in [0.15, 0.2) is 35.5 Å². The molecule has 0 bridgehead atoms. The standard InChI is InChI=1S/C14H14ClN3O4/c1-17-4-2-3-11(17)13(19)8-16-7-9-5-10(15)6-12(14(9)20)18(21)22/h2-7,13,19-20H,8H2,1H3. The van der Waals surface area contributed by atoms with E-state index < -0.39 is 22.5 Å². The van der Waals surface area contributed by atoms with Crippen molar-refractivity contribution < 1.29 is 15.1 Å². The van der Waals surface area contributed by atoms with Gasteiger partial charge in [-0.15, -0.1) is 0 Å². The number of nitro benzene ring substituents is 1. The molecule has 0 saturated heterocycles. The van der Waals surface area contributed by atoms with Gasteiger partial charge in [0.1, 0.15) is 6.10 Å². The van der Waals surface area contributed by atoms with Crippen molar-refractivity contribution in [3.8, 4) is 5.75 Å². The van der Waals surface area contributed by atoms with E-state index in [2.05, 4.69) is 4.99 Å². The van der Waals surface area contributed by atoms with Gasteiger partial charge in [0.2, 0.25) is 5.75 Å². The van der Waals surface area contributed by atoms with Crippen molar-refractivity contribution in [2.45, 2.75) is 6.10 Å². The largest absolute Gasteiger partial charge is 0.502 e. The summed E-state index contributed by atoms with van der Waals surface area (Å²) in [5, 5.41) is 30.7. The molecule has 2 N–H and O–H groups in total. The van der Waals surface area contributed by atoms with Crippen LogP contribution in [-0.2, 0) is 7.05 Å². The Bertz CT molecular complexity index is 727. The molecule has 22 heavy (non-hydrogen) atoms. The molecule has 0 aliphatic carbocycles. The molecular weight excluding hydrogens is 310 g/mol. The average Bonchev–Trinajstić information content (AvgIpc) is 2.88. The molecule has 8 heteroatoms. The van der Waals surface area contributed by atoms with E-state index in [1.54, 1.807) is 29.9 Å². The minimum absolute atomic E-state index is 0.0532. The van der Waals surface area contributed by atoms with Crippen LogP contribution in [0, 0.1) is 10.1 Å². The molecule has 0 spiro atoms. The molecule has 0 amide bonds. The number of nitrogens with zero attached hydrogens (tertiary/aromatic N) is 3. The van der Waals surface area contributed by atoms with Gasteiger partial charge < -0.3 is 14.8 Å². The lowest BCUT2D eigenvalue weighted by Crippen LogP contribution is -2.06. The Morgan fingerprint density at radius 1 is 1.55 bits per heavy atom. The fourth-order valence-corrected chi connectivity index (χ4v) is 2.23. The van der Waals surface area contributed by atoms with E-state index in [1.807, 2.05) is 0 Å². The van der Waals surface area contributed by atoms with Gasteiger partial charge in [-0.2, -0.15) is 0 Å². The van der Waals surface area contributed by atoms with Crippen LogP contribution < -0.4 is 0 Å². The van der Waals surface area contributed by atoms with Gasteiger partial charge in [-0.3, -0.25) is 15.1 Å². The minimum atomic E-state index is -0.812. The van der Waals surface area contributed by atoms with E-state index in [1.165, 1.54) is 12.3 Å². The van der Waals surface area contributed by atoms with Crippen molar-refractivity contribution in [2.75, 3.05) is 6.54 Å². The van der Waals surface area contributed by atoms with E-state index in [9.17, 15) is 20.3 Å². The summed E-state index contributed by atoms with van der Waals surface area (Å²) < 4.78 is 1.77. The van der Waals surface area contributed by atoms with Crippen LogP contribution in [0.1, 0.15) is 17.4 Å². The average molecular weight is 324 g/mol. The van der Waals surface area contributed by atoms with Crippen LogP contribution in [0.3, 0.4) is 0 Å². The smallest absolute Gasteiger partial charge is 0.312 e. The molecule has 1 aromatic heterocycles. The molecule has 1 unspecified atom stereocenters. The predicted molar refractivity (Wildman–Crippen MR) is 82.6 cm³/mol. The number of hydrogen-bond donors (Lipinski definition) is 2. The number of halogens is 1. The second-order valence-electron chi connectivity index (χ2n) is 4.67. The van der Waals surface area contributed by atoms with Gasteiger partial charge in [0.05, 0.1) is 11.5 Å². The third-order valence-electron chi connectivity index (χ3n) is 3.11. The van der Waals surface area contributed by atoms with Crippen molar-refractivity contribution in [1.82, 2.24) is 4.57 Å². The summed E-state index contributed by atoms with van der Waals surface area (Å²) in [6.45, 7) is 0.0532. The number of benzene rings is 1. The van der Waals surface area contributed by atoms with Crippen LogP contribution in [0.25, 0.3) is 0 Å². The first-order valence-electron chi connectivity index (χ1n) is 6.36. The van der Waals surface area contributed by atoms with E-state index in [-0.39, 0.29) is 17.1 Å². The lowest BCUT2D eigenvalue weighted by Gasteiger charge is -2.09. The van der Waals surface area contributed by atoms with Crippen molar-refractivity contribution in [3.63, 3.8) is 0 Å². The number of hydrogen-bond acceptors (Lipinski definition) is 5. The highest BCUT2D eigenvalue weighted by atomic mass is 35.5. The SMILES string of the molecule is Cn1cccc1C(O)CN=Cc1cc(Cl)cc([N+](=O)[O-])c1O. The van der Waals surface area contributed by atoms with E-state index in [0.717, 1.165) is 6.07 Å². The molecule has 116 valence electrons. The van der Waals surface area contributed by atoms with Crippen LogP contribution in [0.4, 0.5) is 5.69 Å². The van der Waals surface area contributed by atoms with Crippen LogP contribution in [0.2, 0.25) is 5.02 Å². The zero-order chi connectivity index (χ0) is 16.3. The molecular formula is C14H14ClN3O4. The highest BCUT2D eigenvalue weighted by Crippen LogP contribution is 2.32. The minimum Gasteiger partial charge on any atom is -0.502 e. The quantitative estimate of drug-likeness (QED) is 0.501. The molecule has 0 radical (unpaired) electrons. The van der Waals surface area contributed by atoms with Crippen molar-refractivity contribution in [1.29, 1.82) is 0 Å². The van der Waals surface area contributed by atoms with Crippen LogP contribution >= 0.6 is 11.6 Å². The Morgan fingerprint density at radius 2 is 2.27 bits per heavy atom. The molecule has 7 nitrogen and oxygen atoms in total. The highest BCUT2D eigenvalue weighted by molar-refractivity contribution is 6.31. The maximum atomic E-state index is 10.8. The summed E-state index contributed by atoms with van der Waals surface area (Å²) in [4.78, 5) is 14.1. The fraction of sp³-hybridized carbons (Fsp3) is 0.214. The summed E-state index contributed by atoms with van der Waals surface area (Å²) in [5.41, 5.74) is 0.327. The lowest BCUT2D eigenvalue weighted by molar-refractivity contribution is -0.385. The maximum Gasteiger partial charge on any atom is 0.312 e. The first-order chi connectivity index (χ1) is 10.4. The number of aliphatic imine (C=N–C) groups is 1. The number of aryl methyl sites for hydroxylation is 1. The molecule has 0 fully saturated rings. The third kappa shape index (κ3) is 3.44. The molecule has 2 rings (SSSR count). The molecule has 1 heterocycles.